The Kier molecular flexibility index (Phi) is 3.96. The normalized spacial score (nSPS) is 10.2. The van der Waals surface area contributed by atoms with Crippen LogP contribution in [-0.2, 0) is 13.2 Å². The minimum atomic E-state index is -0.157. The largest absolute Gasteiger partial charge is 0.392 e. The van der Waals surface area contributed by atoms with E-state index >= 15 is 0 Å². The maximum absolute atomic E-state index is 9.31. The summed E-state index contributed by atoms with van der Waals surface area (Å²) in [5, 5.41) is 27.9. The minimum Gasteiger partial charge on any atom is -0.392 e. The molecule has 2 aromatic carbocycles. The molecule has 0 saturated heterocycles. The van der Waals surface area contributed by atoms with Gasteiger partial charge in [-0.1, -0.05) is 36.4 Å². The van der Waals surface area contributed by atoms with E-state index < -0.39 is 0 Å². The molecule has 0 radical (unpaired) electrons. The molecule has 2 N–H and O–H groups in total. The summed E-state index contributed by atoms with van der Waals surface area (Å²) in [6, 6.07) is 13.2. The number of aliphatic hydroxyl groups excluding tert-OH is 2. The van der Waals surface area contributed by atoms with E-state index in [4.69, 9.17) is 0 Å². The monoisotopic (exact) mass is 253 g/mol. The molecule has 0 unspecified atom stereocenters. The number of rotatable bonds is 3. The number of nitriles is 1. The summed E-state index contributed by atoms with van der Waals surface area (Å²) in [6.45, 7) is 1.74. The smallest absolute Gasteiger partial charge is 0.100 e. The lowest BCUT2D eigenvalue weighted by Crippen LogP contribution is -1.97. The number of hydrogen-bond donors (Lipinski definition) is 2. The first-order valence-electron chi connectivity index (χ1n) is 6.05. The maximum Gasteiger partial charge on any atom is 0.100 e. The van der Waals surface area contributed by atoms with Gasteiger partial charge in [0.25, 0.3) is 0 Å². The van der Waals surface area contributed by atoms with Gasteiger partial charge >= 0.3 is 0 Å². The molecule has 0 saturated carbocycles. The molecule has 0 aliphatic rings. The molecule has 2 rings (SSSR count). The van der Waals surface area contributed by atoms with Crippen molar-refractivity contribution in [3.8, 4) is 17.2 Å². The minimum absolute atomic E-state index is 0.0265. The Morgan fingerprint density at radius 3 is 2.11 bits per heavy atom. The molecular weight excluding hydrogens is 238 g/mol. The van der Waals surface area contributed by atoms with Crippen LogP contribution < -0.4 is 0 Å². The molecular formula is C16H15NO2. The summed E-state index contributed by atoms with van der Waals surface area (Å²) in [6.07, 6.45) is 0. The summed E-state index contributed by atoms with van der Waals surface area (Å²) in [5.74, 6) is 0. The van der Waals surface area contributed by atoms with Crippen LogP contribution in [-0.4, -0.2) is 10.2 Å². The molecule has 0 atom stereocenters. The topological polar surface area (TPSA) is 64.2 Å². The van der Waals surface area contributed by atoms with Crippen LogP contribution in [0.25, 0.3) is 11.1 Å². The lowest BCUT2D eigenvalue weighted by Gasteiger charge is -2.13. The molecule has 0 heterocycles. The molecule has 3 heteroatoms. The van der Waals surface area contributed by atoms with Gasteiger partial charge in [-0.2, -0.15) is 5.26 Å². The third kappa shape index (κ3) is 2.37. The number of hydrogen-bond acceptors (Lipinski definition) is 3. The standard InChI is InChI=1S/C16H15NO2/c1-11-12(9-18)4-2-6-14(11)15-7-3-5-13(10-19)16(15)8-17/h2-7,18-19H,9-10H2,1H3. The number of nitrogens with zero attached hydrogens (tertiary/aromatic N) is 1. The van der Waals surface area contributed by atoms with E-state index in [0.717, 1.165) is 22.3 Å². The van der Waals surface area contributed by atoms with Gasteiger partial charge < -0.3 is 10.2 Å². The van der Waals surface area contributed by atoms with Crippen molar-refractivity contribution >= 4 is 0 Å². The van der Waals surface area contributed by atoms with Crippen molar-refractivity contribution in [3.63, 3.8) is 0 Å². The summed E-state index contributed by atoms with van der Waals surface area (Å²) in [5.41, 5.74) is 4.62. The van der Waals surface area contributed by atoms with Gasteiger partial charge in [-0.15, -0.1) is 0 Å². The Bertz CT molecular complexity index is 642. The lowest BCUT2D eigenvalue weighted by molar-refractivity contribution is 0.281. The van der Waals surface area contributed by atoms with Gasteiger partial charge in [-0.25, -0.2) is 0 Å². The molecule has 0 aliphatic heterocycles. The van der Waals surface area contributed by atoms with Crippen molar-refractivity contribution in [3.05, 3.63) is 58.7 Å². The van der Waals surface area contributed by atoms with Crippen LogP contribution in [0.15, 0.2) is 36.4 Å². The van der Waals surface area contributed by atoms with E-state index in [2.05, 4.69) is 6.07 Å². The second kappa shape index (κ2) is 5.66. The third-order valence-corrected chi connectivity index (χ3v) is 3.34. The zero-order valence-corrected chi connectivity index (χ0v) is 10.7. The molecule has 0 aromatic heterocycles. The average Bonchev–Trinajstić information content (AvgIpc) is 2.46. The van der Waals surface area contributed by atoms with E-state index in [1.165, 1.54) is 0 Å². The Labute approximate surface area is 112 Å². The van der Waals surface area contributed by atoms with Gasteiger partial charge in [-0.3, -0.25) is 0 Å². The van der Waals surface area contributed by atoms with Crippen molar-refractivity contribution in [2.24, 2.45) is 0 Å². The highest BCUT2D eigenvalue weighted by atomic mass is 16.3. The molecule has 0 amide bonds. The highest BCUT2D eigenvalue weighted by molar-refractivity contribution is 5.75. The predicted octanol–water partition coefficient (Wildman–Crippen LogP) is 2.52. The molecule has 96 valence electrons. The molecule has 0 spiro atoms. The van der Waals surface area contributed by atoms with E-state index in [9.17, 15) is 15.5 Å². The van der Waals surface area contributed by atoms with Crippen LogP contribution >= 0.6 is 0 Å². The zero-order valence-electron chi connectivity index (χ0n) is 10.7. The lowest BCUT2D eigenvalue weighted by atomic mass is 9.91. The SMILES string of the molecule is Cc1c(CO)cccc1-c1cccc(CO)c1C#N. The fourth-order valence-corrected chi connectivity index (χ4v) is 2.23. The first-order chi connectivity index (χ1) is 9.22. The van der Waals surface area contributed by atoms with E-state index in [-0.39, 0.29) is 13.2 Å². The van der Waals surface area contributed by atoms with Crippen molar-refractivity contribution in [1.29, 1.82) is 5.26 Å². The molecule has 19 heavy (non-hydrogen) atoms. The van der Waals surface area contributed by atoms with Crippen molar-refractivity contribution in [2.45, 2.75) is 20.1 Å². The number of aliphatic hydroxyl groups is 2. The van der Waals surface area contributed by atoms with E-state index in [1.807, 2.05) is 37.3 Å². The van der Waals surface area contributed by atoms with Crippen LogP contribution in [0, 0.1) is 18.3 Å². The van der Waals surface area contributed by atoms with Crippen LogP contribution in [0.2, 0.25) is 0 Å². The van der Waals surface area contributed by atoms with Crippen LogP contribution in [0.1, 0.15) is 22.3 Å². The third-order valence-electron chi connectivity index (χ3n) is 3.34. The second-order valence-electron chi connectivity index (χ2n) is 4.36. The van der Waals surface area contributed by atoms with Gasteiger partial charge in [0.15, 0.2) is 0 Å². The molecule has 0 aliphatic carbocycles. The van der Waals surface area contributed by atoms with Gasteiger partial charge in [-0.05, 0) is 29.2 Å². The fourth-order valence-electron chi connectivity index (χ4n) is 2.23. The zero-order chi connectivity index (χ0) is 13.8. The average molecular weight is 253 g/mol. The van der Waals surface area contributed by atoms with Crippen molar-refractivity contribution in [2.75, 3.05) is 0 Å². The molecule has 0 bridgehead atoms. The van der Waals surface area contributed by atoms with Gasteiger partial charge in [0.05, 0.1) is 18.8 Å². The highest BCUT2D eigenvalue weighted by Gasteiger charge is 2.12. The van der Waals surface area contributed by atoms with Crippen LogP contribution in [0.3, 0.4) is 0 Å². The predicted molar refractivity (Wildman–Crippen MR) is 73.2 cm³/mol. The molecule has 3 nitrogen and oxygen atoms in total. The highest BCUT2D eigenvalue weighted by Crippen LogP contribution is 2.30. The molecule has 0 fully saturated rings. The van der Waals surface area contributed by atoms with Crippen LogP contribution in [0.5, 0.6) is 0 Å². The van der Waals surface area contributed by atoms with Crippen molar-refractivity contribution < 1.29 is 10.2 Å². The summed E-state index contributed by atoms with van der Waals surface area (Å²) in [4.78, 5) is 0. The van der Waals surface area contributed by atoms with Gasteiger partial charge in [0, 0.05) is 5.56 Å². The van der Waals surface area contributed by atoms with Gasteiger partial charge in [0.1, 0.15) is 6.07 Å². The summed E-state index contributed by atoms with van der Waals surface area (Å²) >= 11 is 0. The second-order valence-corrected chi connectivity index (χ2v) is 4.36. The fraction of sp³-hybridized carbons (Fsp3) is 0.188. The first-order valence-corrected chi connectivity index (χ1v) is 6.05. The van der Waals surface area contributed by atoms with E-state index in [0.29, 0.717) is 11.1 Å². The Morgan fingerprint density at radius 2 is 1.53 bits per heavy atom. The Hall–Kier alpha value is -2.15. The van der Waals surface area contributed by atoms with Crippen LogP contribution in [0.4, 0.5) is 0 Å². The Morgan fingerprint density at radius 1 is 0.947 bits per heavy atom. The quantitative estimate of drug-likeness (QED) is 0.883. The number of benzene rings is 2. The first kappa shape index (κ1) is 13.3. The van der Waals surface area contributed by atoms with Crippen molar-refractivity contribution in [1.82, 2.24) is 0 Å². The summed E-state index contributed by atoms with van der Waals surface area (Å²) in [7, 11) is 0. The summed E-state index contributed by atoms with van der Waals surface area (Å²) < 4.78 is 0. The van der Waals surface area contributed by atoms with Gasteiger partial charge in [0.2, 0.25) is 0 Å². The van der Waals surface area contributed by atoms with E-state index in [1.54, 1.807) is 6.07 Å². The molecule has 2 aromatic rings. The Balaban J connectivity index is 2.70. The maximum atomic E-state index is 9.31.